The highest BCUT2D eigenvalue weighted by molar-refractivity contribution is 9.10. The molecular formula is C24H21BrN2O4. The maximum absolute atomic E-state index is 11.4. The number of pyridine rings is 1. The number of ether oxygens (including phenoxy) is 2. The fourth-order valence-corrected chi connectivity index (χ4v) is 3.69. The molecule has 0 bridgehead atoms. The van der Waals surface area contributed by atoms with E-state index in [0.717, 1.165) is 33.5 Å². The highest BCUT2D eigenvalue weighted by Crippen LogP contribution is 2.27. The molecule has 2 aromatic carbocycles. The van der Waals surface area contributed by atoms with Gasteiger partial charge < -0.3 is 13.9 Å². The monoisotopic (exact) mass is 480 g/mol. The number of aromatic nitrogens is 2. The molecule has 0 aliphatic carbocycles. The lowest BCUT2D eigenvalue weighted by Gasteiger charge is -2.09. The van der Waals surface area contributed by atoms with Crippen molar-refractivity contribution in [3.63, 3.8) is 0 Å². The Labute approximate surface area is 188 Å². The molecule has 31 heavy (non-hydrogen) atoms. The Morgan fingerprint density at radius 3 is 2.68 bits per heavy atom. The molecule has 2 heterocycles. The summed E-state index contributed by atoms with van der Waals surface area (Å²) in [6, 6.07) is 17.5. The number of carbonyl (C=O) groups is 1. The average molecular weight is 481 g/mol. The van der Waals surface area contributed by atoms with E-state index in [1.165, 1.54) is 7.11 Å². The van der Waals surface area contributed by atoms with Crippen LogP contribution >= 0.6 is 15.9 Å². The van der Waals surface area contributed by atoms with E-state index in [0.29, 0.717) is 35.7 Å². The summed E-state index contributed by atoms with van der Waals surface area (Å²) < 4.78 is 17.2. The largest absolute Gasteiger partial charge is 0.487 e. The molecule has 158 valence electrons. The molecule has 0 saturated carbocycles. The van der Waals surface area contributed by atoms with Gasteiger partial charge in [0.25, 0.3) is 0 Å². The van der Waals surface area contributed by atoms with E-state index in [1.807, 2.05) is 61.5 Å². The number of methoxy groups -OCH3 is 1. The van der Waals surface area contributed by atoms with Gasteiger partial charge >= 0.3 is 5.97 Å². The Bertz CT molecular complexity index is 1220. The van der Waals surface area contributed by atoms with Crippen molar-refractivity contribution >= 4 is 32.8 Å². The highest BCUT2D eigenvalue weighted by Gasteiger charge is 2.13. The highest BCUT2D eigenvalue weighted by atomic mass is 79.9. The third kappa shape index (κ3) is 4.94. The van der Waals surface area contributed by atoms with Crippen molar-refractivity contribution in [3.8, 4) is 17.2 Å². The van der Waals surface area contributed by atoms with Gasteiger partial charge in [-0.2, -0.15) is 0 Å². The van der Waals surface area contributed by atoms with Gasteiger partial charge in [0.15, 0.2) is 0 Å². The number of aryl methyl sites for hydroxylation is 2. The van der Waals surface area contributed by atoms with E-state index in [-0.39, 0.29) is 5.97 Å². The van der Waals surface area contributed by atoms with Crippen LogP contribution in [-0.2, 0) is 22.6 Å². The summed E-state index contributed by atoms with van der Waals surface area (Å²) in [5.74, 6) is 1.77. The summed E-state index contributed by atoms with van der Waals surface area (Å²) in [6.45, 7) is 2.18. The van der Waals surface area contributed by atoms with Crippen LogP contribution in [0.5, 0.6) is 5.75 Å². The minimum atomic E-state index is -0.241. The van der Waals surface area contributed by atoms with Gasteiger partial charge in [0.1, 0.15) is 28.4 Å². The number of esters is 1. The van der Waals surface area contributed by atoms with Crippen LogP contribution in [0.3, 0.4) is 0 Å². The van der Waals surface area contributed by atoms with Gasteiger partial charge in [-0.05, 0) is 65.2 Å². The van der Waals surface area contributed by atoms with Crippen LogP contribution in [0.1, 0.15) is 23.4 Å². The lowest BCUT2D eigenvalue weighted by Crippen LogP contribution is -2.03. The first-order valence-electron chi connectivity index (χ1n) is 9.84. The molecule has 0 fully saturated rings. The molecule has 0 N–H and O–H groups in total. The molecule has 0 radical (unpaired) electrons. The molecule has 4 aromatic rings. The van der Waals surface area contributed by atoms with E-state index in [9.17, 15) is 4.79 Å². The van der Waals surface area contributed by atoms with Gasteiger partial charge in [-0.15, -0.1) is 0 Å². The molecule has 0 aliphatic heterocycles. The molecule has 0 saturated heterocycles. The van der Waals surface area contributed by atoms with Crippen LogP contribution < -0.4 is 4.74 Å². The van der Waals surface area contributed by atoms with Crippen molar-refractivity contribution in [2.75, 3.05) is 7.11 Å². The van der Waals surface area contributed by atoms with Gasteiger partial charge in [-0.1, -0.05) is 18.2 Å². The van der Waals surface area contributed by atoms with Gasteiger partial charge in [0, 0.05) is 23.4 Å². The van der Waals surface area contributed by atoms with Crippen LogP contribution in [0.2, 0.25) is 0 Å². The summed E-state index contributed by atoms with van der Waals surface area (Å²) >= 11 is 3.50. The van der Waals surface area contributed by atoms with E-state index in [4.69, 9.17) is 13.9 Å². The predicted molar refractivity (Wildman–Crippen MR) is 121 cm³/mol. The fraction of sp³-hybridized carbons (Fsp3) is 0.208. The van der Waals surface area contributed by atoms with E-state index in [1.54, 1.807) is 0 Å². The van der Waals surface area contributed by atoms with E-state index < -0.39 is 0 Å². The van der Waals surface area contributed by atoms with Crippen molar-refractivity contribution in [1.29, 1.82) is 0 Å². The summed E-state index contributed by atoms with van der Waals surface area (Å²) in [7, 11) is 1.39. The summed E-state index contributed by atoms with van der Waals surface area (Å²) in [5, 5.41) is 0.972. The number of carbonyl (C=O) groups excluding carboxylic acids is 1. The smallest absolute Gasteiger partial charge is 0.305 e. The second kappa shape index (κ2) is 9.31. The third-order valence-corrected chi connectivity index (χ3v) is 5.62. The summed E-state index contributed by atoms with van der Waals surface area (Å²) in [6.07, 6.45) is 0.870. The normalized spacial score (nSPS) is 10.9. The molecule has 0 aliphatic rings. The number of oxazole rings is 1. The first-order chi connectivity index (χ1) is 15.0. The van der Waals surface area contributed by atoms with Crippen molar-refractivity contribution in [1.82, 2.24) is 9.97 Å². The molecule has 4 rings (SSSR count). The molecule has 0 amide bonds. The average Bonchev–Trinajstić information content (AvgIpc) is 3.17. The van der Waals surface area contributed by atoms with Crippen LogP contribution in [0.15, 0.2) is 63.6 Å². The topological polar surface area (TPSA) is 74.5 Å². The van der Waals surface area contributed by atoms with Crippen molar-refractivity contribution in [3.05, 3.63) is 76.2 Å². The number of hydrogen-bond donors (Lipinski definition) is 0. The molecule has 2 aromatic heterocycles. The van der Waals surface area contributed by atoms with Crippen molar-refractivity contribution in [2.45, 2.75) is 26.4 Å². The fourth-order valence-electron chi connectivity index (χ4n) is 3.19. The maximum Gasteiger partial charge on any atom is 0.305 e. The second-order valence-corrected chi connectivity index (χ2v) is 7.80. The SMILES string of the molecule is COC(=O)CCc1cc2ccc(OCc3nc(-c4ccccc4)oc3C)cc2nc1Br. The summed E-state index contributed by atoms with van der Waals surface area (Å²) in [4.78, 5) is 20.6. The van der Waals surface area contributed by atoms with E-state index in [2.05, 4.69) is 25.9 Å². The van der Waals surface area contributed by atoms with Gasteiger partial charge in [0.2, 0.25) is 5.89 Å². The number of halogens is 1. The van der Waals surface area contributed by atoms with Crippen LogP contribution in [0.4, 0.5) is 0 Å². The van der Waals surface area contributed by atoms with Gasteiger partial charge in [-0.25, -0.2) is 9.97 Å². The molecule has 0 atom stereocenters. The first kappa shape index (κ1) is 21.1. The second-order valence-electron chi connectivity index (χ2n) is 7.05. The number of rotatable bonds is 7. The minimum absolute atomic E-state index is 0.241. The Kier molecular flexibility index (Phi) is 6.32. The zero-order valence-corrected chi connectivity index (χ0v) is 18.8. The number of nitrogens with zero attached hydrogens (tertiary/aromatic N) is 2. The van der Waals surface area contributed by atoms with Crippen molar-refractivity contribution < 1.29 is 18.7 Å². The number of hydrogen-bond acceptors (Lipinski definition) is 6. The van der Waals surface area contributed by atoms with Crippen LogP contribution in [0.25, 0.3) is 22.4 Å². The Morgan fingerprint density at radius 1 is 1.10 bits per heavy atom. The maximum atomic E-state index is 11.4. The van der Waals surface area contributed by atoms with Crippen molar-refractivity contribution in [2.24, 2.45) is 0 Å². The van der Waals surface area contributed by atoms with Gasteiger partial charge in [0.05, 0.1) is 12.6 Å². The lowest BCUT2D eigenvalue weighted by molar-refractivity contribution is -0.140. The predicted octanol–water partition coefficient (Wildman–Crippen LogP) is 5.65. The Hall–Kier alpha value is -3.19. The third-order valence-electron chi connectivity index (χ3n) is 4.93. The molecule has 6 nitrogen and oxygen atoms in total. The molecular weight excluding hydrogens is 460 g/mol. The lowest BCUT2D eigenvalue weighted by atomic mass is 10.1. The molecule has 7 heteroatoms. The Morgan fingerprint density at radius 2 is 1.90 bits per heavy atom. The van der Waals surface area contributed by atoms with Gasteiger partial charge in [-0.3, -0.25) is 4.79 Å². The zero-order valence-electron chi connectivity index (χ0n) is 17.2. The summed E-state index contributed by atoms with van der Waals surface area (Å²) in [5.41, 5.74) is 3.44. The first-order valence-corrected chi connectivity index (χ1v) is 10.6. The Balaban J connectivity index is 1.48. The standard InChI is InChI=1S/C24H21BrN2O4/c1-15-21(27-24(31-15)16-6-4-3-5-7-16)14-30-19-10-8-17-12-18(9-11-22(28)29-2)23(25)26-20(17)13-19/h3-8,10,12-13H,9,11,14H2,1-2H3. The number of fused-ring (bicyclic) bond motifs is 1. The minimum Gasteiger partial charge on any atom is -0.487 e. The molecule has 0 unspecified atom stereocenters. The number of benzene rings is 2. The zero-order chi connectivity index (χ0) is 21.8. The molecule has 0 spiro atoms. The van der Waals surface area contributed by atoms with Crippen LogP contribution in [-0.4, -0.2) is 23.0 Å². The quantitative estimate of drug-likeness (QED) is 0.251. The van der Waals surface area contributed by atoms with E-state index >= 15 is 0 Å². The van der Waals surface area contributed by atoms with Crippen LogP contribution in [0, 0.1) is 6.92 Å².